The number of hydrogen-bond acceptors (Lipinski definition) is 8. The van der Waals surface area contributed by atoms with Crippen molar-refractivity contribution in [1.82, 2.24) is 4.90 Å². The number of methoxy groups -OCH3 is 1. The first kappa shape index (κ1) is 30.4. The van der Waals surface area contributed by atoms with Gasteiger partial charge in [-0.25, -0.2) is 14.4 Å². The van der Waals surface area contributed by atoms with Gasteiger partial charge in [0.25, 0.3) is 0 Å². The van der Waals surface area contributed by atoms with Crippen LogP contribution in [0.3, 0.4) is 0 Å². The molecule has 0 radical (unpaired) electrons. The van der Waals surface area contributed by atoms with Gasteiger partial charge in [0.05, 0.1) is 12.7 Å². The number of nitrogens with zero attached hydrogens (tertiary/aromatic N) is 1. The van der Waals surface area contributed by atoms with E-state index >= 15 is 0 Å². The number of ether oxygens (including phenoxy) is 5. The third-order valence-electron chi connectivity index (χ3n) is 4.65. The van der Waals surface area contributed by atoms with Crippen LogP contribution in [-0.2, 0) is 35.1 Å². The molecule has 0 aliphatic carbocycles. The Morgan fingerprint density at radius 1 is 0.886 bits per heavy atom. The van der Waals surface area contributed by atoms with Gasteiger partial charge in [-0.1, -0.05) is 30.3 Å². The highest BCUT2D eigenvalue weighted by molar-refractivity contribution is 5.94. The van der Waals surface area contributed by atoms with Crippen molar-refractivity contribution in [3.05, 3.63) is 35.9 Å². The van der Waals surface area contributed by atoms with Crippen LogP contribution in [-0.4, -0.2) is 66.2 Å². The van der Waals surface area contributed by atoms with Gasteiger partial charge in [0.2, 0.25) is 0 Å². The molecule has 1 rings (SSSR count). The van der Waals surface area contributed by atoms with Gasteiger partial charge in [0.1, 0.15) is 23.3 Å². The minimum absolute atomic E-state index is 0.328. The molecule has 35 heavy (non-hydrogen) atoms. The first-order chi connectivity index (χ1) is 16.1. The smallest absolute Gasteiger partial charge is 0.420 e. The summed E-state index contributed by atoms with van der Waals surface area (Å²) < 4.78 is 27.5. The van der Waals surface area contributed by atoms with Crippen molar-refractivity contribution in [3.8, 4) is 0 Å². The summed E-state index contributed by atoms with van der Waals surface area (Å²) in [6, 6.07) is 8.32. The molecule has 0 saturated heterocycles. The Balaban J connectivity index is 2.98. The van der Waals surface area contributed by atoms with E-state index in [1.165, 1.54) is 6.92 Å². The average Bonchev–Trinajstić information content (AvgIpc) is 2.71. The van der Waals surface area contributed by atoms with E-state index in [1.54, 1.807) is 55.6 Å². The van der Waals surface area contributed by atoms with Crippen LogP contribution >= 0.6 is 0 Å². The lowest BCUT2D eigenvalue weighted by atomic mass is 10.1. The molecule has 0 unspecified atom stereocenters. The molecule has 0 saturated carbocycles. The van der Waals surface area contributed by atoms with Crippen LogP contribution in [0.5, 0.6) is 0 Å². The first-order valence-corrected chi connectivity index (χ1v) is 11.7. The number of esters is 1. The fourth-order valence-electron chi connectivity index (χ4n) is 2.94. The van der Waals surface area contributed by atoms with Gasteiger partial charge in [-0.15, -0.1) is 0 Å². The van der Waals surface area contributed by atoms with Crippen LogP contribution in [0.2, 0.25) is 0 Å². The van der Waals surface area contributed by atoms with Crippen LogP contribution < -0.4 is 0 Å². The van der Waals surface area contributed by atoms with Gasteiger partial charge in [-0.2, -0.15) is 4.90 Å². The van der Waals surface area contributed by atoms with E-state index in [0.29, 0.717) is 24.5 Å². The minimum Gasteiger partial charge on any atom is -0.458 e. The third-order valence-corrected chi connectivity index (χ3v) is 4.65. The summed E-state index contributed by atoms with van der Waals surface area (Å²) >= 11 is 0. The van der Waals surface area contributed by atoms with E-state index in [-0.39, 0.29) is 0 Å². The molecular weight excluding hydrogens is 454 g/mol. The van der Waals surface area contributed by atoms with Crippen molar-refractivity contribution >= 4 is 18.2 Å². The van der Waals surface area contributed by atoms with Crippen molar-refractivity contribution in [1.29, 1.82) is 0 Å². The zero-order chi connectivity index (χ0) is 26.8. The molecule has 9 nitrogen and oxygen atoms in total. The number of hydrogen-bond donors (Lipinski definition) is 0. The predicted molar refractivity (Wildman–Crippen MR) is 131 cm³/mol. The van der Waals surface area contributed by atoms with E-state index in [1.807, 2.05) is 30.3 Å². The van der Waals surface area contributed by atoms with Gasteiger partial charge in [-0.05, 0) is 61.0 Å². The minimum atomic E-state index is -1.29. The zero-order valence-electron chi connectivity index (χ0n) is 22.5. The Labute approximate surface area is 209 Å². The Morgan fingerprint density at radius 2 is 1.40 bits per heavy atom. The molecule has 1 aromatic carbocycles. The number of carbonyl (C=O) groups is 3. The predicted octanol–water partition coefficient (Wildman–Crippen LogP) is 5.10. The largest absolute Gasteiger partial charge is 0.458 e. The highest BCUT2D eigenvalue weighted by atomic mass is 16.6. The molecule has 1 aromatic rings. The second kappa shape index (κ2) is 13.4. The summed E-state index contributed by atoms with van der Waals surface area (Å²) in [5.74, 6) is -0.792. The quantitative estimate of drug-likeness (QED) is 0.326. The van der Waals surface area contributed by atoms with E-state index in [0.717, 1.165) is 5.56 Å². The average molecular weight is 496 g/mol. The maximum atomic E-state index is 13.0. The second-order valence-electron chi connectivity index (χ2n) is 10.3. The summed E-state index contributed by atoms with van der Waals surface area (Å²) in [7, 11) is 1.58. The molecule has 0 aliphatic heterocycles. The molecule has 0 aromatic heterocycles. The summed E-state index contributed by atoms with van der Waals surface area (Å²) in [4.78, 5) is 39.3. The van der Waals surface area contributed by atoms with Gasteiger partial charge in [-0.3, -0.25) is 0 Å². The molecular formula is C26H41NO8. The van der Waals surface area contributed by atoms with Crippen molar-refractivity contribution in [2.75, 3.05) is 13.7 Å². The van der Waals surface area contributed by atoms with Gasteiger partial charge in [0, 0.05) is 20.1 Å². The second-order valence-corrected chi connectivity index (χ2v) is 10.3. The lowest BCUT2D eigenvalue weighted by Crippen LogP contribution is -2.52. The lowest BCUT2D eigenvalue weighted by Gasteiger charge is -2.32. The SMILES string of the molecule is COCC[C@@H](OCc1ccccc1)[C@H](C)OC(=O)[C@H](C)N(C(=O)OC(C)(C)C)C(=O)OC(C)(C)C. The van der Waals surface area contributed by atoms with Gasteiger partial charge in [0.15, 0.2) is 0 Å². The Kier molecular flexibility index (Phi) is 11.7. The molecule has 0 aliphatic rings. The number of amides is 2. The summed E-state index contributed by atoms with van der Waals surface area (Å²) in [6.07, 6.45) is -2.67. The molecule has 0 bridgehead atoms. The van der Waals surface area contributed by atoms with Gasteiger partial charge < -0.3 is 23.7 Å². The topological polar surface area (TPSA) is 101 Å². The summed E-state index contributed by atoms with van der Waals surface area (Å²) in [5, 5.41) is 0. The lowest BCUT2D eigenvalue weighted by molar-refractivity contribution is -0.163. The number of imide groups is 1. The van der Waals surface area contributed by atoms with E-state index < -0.39 is 47.6 Å². The summed E-state index contributed by atoms with van der Waals surface area (Å²) in [5.41, 5.74) is -0.793. The Morgan fingerprint density at radius 3 is 1.86 bits per heavy atom. The maximum Gasteiger partial charge on any atom is 0.420 e. The number of benzene rings is 1. The van der Waals surface area contributed by atoms with Crippen molar-refractivity contribution in [2.45, 2.75) is 97.9 Å². The molecule has 2 amide bonds. The third kappa shape index (κ3) is 11.6. The fraction of sp³-hybridized carbons (Fsp3) is 0.654. The molecule has 0 heterocycles. The molecule has 9 heteroatoms. The number of carbonyl (C=O) groups excluding carboxylic acids is 3. The monoisotopic (exact) mass is 495 g/mol. The standard InChI is InChI=1S/C26H41NO8/c1-18(27(23(29)34-25(3,4)5)24(30)35-26(6,7)8)22(28)33-19(2)21(15-16-31-9)32-17-20-13-11-10-12-14-20/h10-14,18-19,21H,15-17H2,1-9H3/t18-,19-,21+/m0/s1. The van der Waals surface area contributed by atoms with Crippen LogP contribution in [0.4, 0.5) is 9.59 Å². The van der Waals surface area contributed by atoms with Crippen molar-refractivity contribution in [3.63, 3.8) is 0 Å². The molecule has 0 fully saturated rings. The van der Waals surface area contributed by atoms with Crippen LogP contribution in [0, 0.1) is 0 Å². The Bertz CT molecular complexity index is 785. The zero-order valence-corrected chi connectivity index (χ0v) is 22.5. The van der Waals surface area contributed by atoms with Crippen molar-refractivity contribution in [2.24, 2.45) is 0 Å². The number of rotatable bonds is 10. The van der Waals surface area contributed by atoms with Crippen LogP contribution in [0.25, 0.3) is 0 Å². The molecule has 0 N–H and O–H groups in total. The molecule has 198 valence electrons. The maximum absolute atomic E-state index is 13.0. The molecule has 0 spiro atoms. The Hall–Kier alpha value is -2.65. The van der Waals surface area contributed by atoms with E-state index in [2.05, 4.69) is 0 Å². The van der Waals surface area contributed by atoms with Crippen LogP contribution in [0.1, 0.15) is 67.4 Å². The fourth-order valence-corrected chi connectivity index (χ4v) is 2.94. The molecule has 3 atom stereocenters. The summed E-state index contributed by atoms with van der Waals surface area (Å²) in [6.45, 7) is 13.8. The highest BCUT2D eigenvalue weighted by Gasteiger charge is 2.39. The normalized spacial score (nSPS) is 14.4. The van der Waals surface area contributed by atoms with Crippen molar-refractivity contribution < 1.29 is 38.1 Å². The first-order valence-electron chi connectivity index (χ1n) is 11.7. The van der Waals surface area contributed by atoms with Gasteiger partial charge >= 0.3 is 18.2 Å². The van der Waals surface area contributed by atoms with E-state index in [9.17, 15) is 14.4 Å². The van der Waals surface area contributed by atoms with E-state index in [4.69, 9.17) is 23.7 Å². The van der Waals surface area contributed by atoms with Crippen LogP contribution in [0.15, 0.2) is 30.3 Å². The highest BCUT2D eigenvalue weighted by Crippen LogP contribution is 2.19.